The van der Waals surface area contributed by atoms with Crippen molar-refractivity contribution in [2.75, 3.05) is 23.4 Å². The molecule has 6 nitrogen and oxygen atoms in total. The Morgan fingerprint density at radius 1 is 1.32 bits per heavy atom. The Morgan fingerprint density at radius 3 is 2.73 bits per heavy atom. The maximum absolute atomic E-state index is 11.8. The first-order valence-corrected chi connectivity index (χ1v) is 8.91. The Hall–Kier alpha value is -2.02. The van der Waals surface area contributed by atoms with E-state index in [9.17, 15) is 13.2 Å². The van der Waals surface area contributed by atoms with E-state index < -0.39 is 9.84 Å². The summed E-state index contributed by atoms with van der Waals surface area (Å²) >= 11 is 0. The number of furan rings is 1. The highest BCUT2D eigenvalue weighted by Gasteiger charge is 2.33. The van der Waals surface area contributed by atoms with Crippen molar-refractivity contribution in [2.45, 2.75) is 13.8 Å². The molecule has 0 spiro atoms. The molecule has 2 aromatic rings. The summed E-state index contributed by atoms with van der Waals surface area (Å²) in [4.78, 5) is 11.8. The third kappa shape index (κ3) is 2.94. The zero-order chi connectivity index (χ0) is 15.9. The standard InChI is InChI=1S/C15H18N2O4S/c1-9-10(2)21-14-4-3-12(5-13(9)14)17-15(18)16-6-11-7-22(19,20)8-11/h3-5,11H,6-8H2,1-2H3,(H2,16,17,18). The van der Waals surface area contributed by atoms with Gasteiger partial charge in [-0.05, 0) is 37.6 Å². The largest absolute Gasteiger partial charge is 0.461 e. The highest BCUT2D eigenvalue weighted by molar-refractivity contribution is 7.92. The summed E-state index contributed by atoms with van der Waals surface area (Å²) in [7, 11) is -2.85. The fourth-order valence-corrected chi connectivity index (χ4v) is 4.20. The Labute approximate surface area is 128 Å². The van der Waals surface area contributed by atoms with E-state index in [1.807, 2.05) is 26.0 Å². The summed E-state index contributed by atoms with van der Waals surface area (Å²) in [6, 6.07) is 5.14. The first kappa shape index (κ1) is 14.9. The molecular formula is C15H18N2O4S. The first-order valence-electron chi connectivity index (χ1n) is 7.09. The second kappa shape index (κ2) is 5.31. The van der Waals surface area contributed by atoms with Crippen molar-refractivity contribution in [1.82, 2.24) is 5.32 Å². The summed E-state index contributed by atoms with van der Waals surface area (Å²) in [5.74, 6) is 1.21. The number of nitrogens with one attached hydrogen (secondary N) is 2. The van der Waals surface area contributed by atoms with Crippen LogP contribution in [0.1, 0.15) is 11.3 Å². The van der Waals surface area contributed by atoms with Gasteiger partial charge in [-0.15, -0.1) is 0 Å². The van der Waals surface area contributed by atoms with Crippen molar-refractivity contribution >= 4 is 32.5 Å². The molecule has 1 fully saturated rings. The lowest BCUT2D eigenvalue weighted by Gasteiger charge is -2.25. The van der Waals surface area contributed by atoms with Crippen molar-refractivity contribution in [1.29, 1.82) is 0 Å². The number of amides is 2. The van der Waals surface area contributed by atoms with Crippen LogP contribution in [0.25, 0.3) is 11.0 Å². The van der Waals surface area contributed by atoms with E-state index >= 15 is 0 Å². The Balaban J connectivity index is 1.60. The fourth-order valence-electron chi connectivity index (χ4n) is 2.62. The predicted octanol–water partition coefficient (Wildman–Crippen LogP) is 2.22. The smallest absolute Gasteiger partial charge is 0.319 e. The topological polar surface area (TPSA) is 88.4 Å². The minimum absolute atomic E-state index is 0.0250. The van der Waals surface area contributed by atoms with Crippen LogP contribution < -0.4 is 10.6 Å². The van der Waals surface area contributed by atoms with E-state index in [1.165, 1.54) is 0 Å². The van der Waals surface area contributed by atoms with Crippen LogP contribution in [-0.4, -0.2) is 32.5 Å². The quantitative estimate of drug-likeness (QED) is 0.907. The number of carbonyl (C=O) groups excluding carboxylic acids is 1. The van der Waals surface area contributed by atoms with Crippen LogP contribution in [0.4, 0.5) is 10.5 Å². The van der Waals surface area contributed by atoms with Gasteiger partial charge in [0.15, 0.2) is 9.84 Å². The van der Waals surface area contributed by atoms with Crippen LogP contribution in [0.3, 0.4) is 0 Å². The van der Waals surface area contributed by atoms with E-state index in [2.05, 4.69) is 10.6 Å². The van der Waals surface area contributed by atoms with Crippen molar-refractivity contribution < 1.29 is 17.6 Å². The lowest BCUT2D eigenvalue weighted by atomic mass is 10.1. The number of benzene rings is 1. The van der Waals surface area contributed by atoms with E-state index in [4.69, 9.17) is 4.42 Å². The van der Waals surface area contributed by atoms with Crippen molar-refractivity contribution in [3.05, 3.63) is 29.5 Å². The molecule has 0 bridgehead atoms. The van der Waals surface area contributed by atoms with E-state index in [1.54, 1.807) is 6.07 Å². The molecule has 3 rings (SSSR count). The number of hydrogen-bond acceptors (Lipinski definition) is 4. The first-order chi connectivity index (χ1) is 10.3. The number of rotatable bonds is 3. The van der Waals surface area contributed by atoms with Crippen LogP contribution in [0.5, 0.6) is 0 Å². The van der Waals surface area contributed by atoms with Crippen LogP contribution in [0.2, 0.25) is 0 Å². The number of hydrogen-bond donors (Lipinski definition) is 2. The van der Waals surface area contributed by atoms with E-state index in [0.717, 1.165) is 22.3 Å². The molecule has 118 valence electrons. The van der Waals surface area contributed by atoms with Gasteiger partial charge in [-0.3, -0.25) is 0 Å². The molecule has 7 heteroatoms. The Kier molecular flexibility index (Phi) is 3.60. The van der Waals surface area contributed by atoms with Gasteiger partial charge in [0.25, 0.3) is 0 Å². The second-order valence-electron chi connectivity index (χ2n) is 5.77. The lowest BCUT2D eigenvalue weighted by molar-refractivity contribution is 0.250. The monoisotopic (exact) mass is 322 g/mol. The minimum Gasteiger partial charge on any atom is -0.461 e. The number of carbonyl (C=O) groups is 1. The molecule has 1 aliphatic heterocycles. The SMILES string of the molecule is Cc1oc2ccc(NC(=O)NCC3CS(=O)(=O)C3)cc2c1C. The minimum atomic E-state index is -2.85. The van der Waals surface area contributed by atoms with Crippen molar-refractivity contribution in [3.63, 3.8) is 0 Å². The maximum atomic E-state index is 11.8. The van der Waals surface area contributed by atoms with Crippen molar-refractivity contribution in [2.24, 2.45) is 5.92 Å². The zero-order valence-corrected chi connectivity index (χ0v) is 13.3. The summed E-state index contributed by atoms with van der Waals surface area (Å²) in [6.07, 6.45) is 0. The number of fused-ring (bicyclic) bond motifs is 1. The average Bonchev–Trinajstić information content (AvgIpc) is 2.70. The van der Waals surface area contributed by atoms with Gasteiger partial charge < -0.3 is 15.1 Å². The lowest BCUT2D eigenvalue weighted by Crippen LogP contribution is -2.44. The van der Waals surface area contributed by atoms with Crippen LogP contribution in [-0.2, 0) is 9.84 Å². The number of anilines is 1. The highest BCUT2D eigenvalue weighted by atomic mass is 32.2. The van der Waals surface area contributed by atoms with Gasteiger partial charge in [-0.25, -0.2) is 13.2 Å². The van der Waals surface area contributed by atoms with Crippen LogP contribution >= 0.6 is 0 Å². The number of sulfone groups is 1. The molecule has 2 heterocycles. The molecule has 2 N–H and O–H groups in total. The molecule has 0 unspecified atom stereocenters. The summed E-state index contributed by atoms with van der Waals surface area (Å²) in [5.41, 5.74) is 2.52. The third-order valence-electron chi connectivity index (χ3n) is 3.96. The van der Waals surface area contributed by atoms with Crippen LogP contribution in [0.15, 0.2) is 22.6 Å². The highest BCUT2D eigenvalue weighted by Crippen LogP contribution is 2.27. The molecule has 1 saturated heterocycles. The number of aryl methyl sites for hydroxylation is 2. The maximum Gasteiger partial charge on any atom is 0.319 e. The summed E-state index contributed by atoms with van der Waals surface area (Å²) in [5, 5.41) is 6.43. The van der Waals surface area contributed by atoms with Gasteiger partial charge in [0.05, 0.1) is 11.5 Å². The molecule has 1 aromatic carbocycles. The zero-order valence-electron chi connectivity index (χ0n) is 12.5. The Morgan fingerprint density at radius 2 is 2.05 bits per heavy atom. The molecular weight excluding hydrogens is 304 g/mol. The summed E-state index contributed by atoms with van der Waals surface area (Å²) in [6.45, 7) is 4.25. The van der Waals surface area contributed by atoms with Gasteiger partial charge >= 0.3 is 6.03 Å². The predicted molar refractivity (Wildman–Crippen MR) is 84.9 cm³/mol. The molecule has 1 aliphatic rings. The van der Waals surface area contributed by atoms with Gasteiger partial charge in [0.2, 0.25) is 0 Å². The Bertz CT molecular complexity index is 827. The van der Waals surface area contributed by atoms with Gasteiger partial charge in [0, 0.05) is 23.5 Å². The van der Waals surface area contributed by atoms with Crippen molar-refractivity contribution in [3.8, 4) is 0 Å². The van der Waals surface area contributed by atoms with Gasteiger partial charge in [-0.1, -0.05) is 0 Å². The number of urea groups is 1. The molecule has 22 heavy (non-hydrogen) atoms. The van der Waals surface area contributed by atoms with Gasteiger partial charge in [0.1, 0.15) is 11.3 Å². The van der Waals surface area contributed by atoms with Crippen LogP contribution in [0, 0.1) is 19.8 Å². The van der Waals surface area contributed by atoms with E-state index in [-0.39, 0.29) is 23.5 Å². The van der Waals surface area contributed by atoms with E-state index in [0.29, 0.717) is 12.2 Å². The molecule has 0 atom stereocenters. The normalized spacial score (nSPS) is 17.2. The molecule has 0 aliphatic carbocycles. The van der Waals surface area contributed by atoms with Gasteiger partial charge in [-0.2, -0.15) is 0 Å². The molecule has 1 aromatic heterocycles. The molecule has 0 radical (unpaired) electrons. The molecule has 0 saturated carbocycles. The second-order valence-corrected chi connectivity index (χ2v) is 7.93. The third-order valence-corrected chi connectivity index (χ3v) is 5.92. The fraction of sp³-hybridized carbons (Fsp3) is 0.400. The average molecular weight is 322 g/mol. The summed E-state index contributed by atoms with van der Waals surface area (Å²) < 4.78 is 27.7. The molecule has 2 amide bonds.